The van der Waals surface area contributed by atoms with Crippen molar-refractivity contribution in [3.8, 4) is 5.88 Å². The van der Waals surface area contributed by atoms with E-state index in [1.165, 1.54) is 0 Å². The highest BCUT2D eigenvalue weighted by atomic mass is 16.5. The van der Waals surface area contributed by atoms with E-state index in [0.717, 1.165) is 5.56 Å². The van der Waals surface area contributed by atoms with Crippen LogP contribution in [0.4, 0.5) is 0 Å². The molecule has 0 fully saturated rings. The number of nitrogens with zero attached hydrogens (tertiary/aromatic N) is 1. The number of rotatable bonds is 5. The Morgan fingerprint density at radius 3 is 2.78 bits per heavy atom. The van der Waals surface area contributed by atoms with E-state index in [1.54, 1.807) is 19.4 Å². The zero-order valence-electron chi connectivity index (χ0n) is 11.3. The summed E-state index contributed by atoms with van der Waals surface area (Å²) in [4.78, 5) is 15.6. The van der Waals surface area contributed by atoms with Crippen LogP contribution in [0.2, 0.25) is 0 Å². The molecule has 0 aliphatic heterocycles. The number of methoxy groups -OCH3 is 1. The summed E-state index contributed by atoms with van der Waals surface area (Å²) in [5.74, 6) is 0.366. The molecule has 0 atom stereocenters. The molecule has 1 amide bonds. The van der Waals surface area contributed by atoms with Gasteiger partial charge in [-0.25, -0.2) is 4.98 Å². The quantitative estimate of drug-likeness (QED) is 0.863. The summed E-state index contributed by atoms with van der Waals surface area (Å²) < 4.78 is 10.5. The maximum Gasteiger partial charge on any atom is 0.246 e. The molecule has 0 unspecified atom stereocenters. The van der Waals surface area contributed by atoms with Crippen molar-refractivity contribution in [1.29, 1.82) is 0 Å². The monoisotopic (exact) mass is 252 g/mol. The smallest absolute Gasteiger partial charge is 0.246 e. The fourth-order valence-corrected chi connectivity index (χ4v) is 1.27. The second-order valence-corrected chi connectivity index (χ2v) is 4.85. The Balaban J connectivity index is 2.43. The average molecular weight is 252 g/mol. The minimum absolute atomic E-state index is 0.0477. The van der Waals surface area contributed by atoms with E-state index >= 15 is 0 Å². The maximum atomic E-state index is 11.6. The Morgan fingerprint density at radius 2 is 2.17 bits per heavy atom. The summed E-state index contributed by atoms with van der Waals surface area (Å²) in [6.45, 7) is 6.15. The third kappa shape index (κ3) is 5.14. The molecule has 0 aromatic carbocycles. The van der Waals surface area contributed by atoms with E-state index < -0.39 is 0 Å². The Kier molecular flexibility index (Phi) is 5.09. The fraction of sp³-hybridized carbons (Fsp3) is 0.538. The van der Waals surface area contributed by atoms with Crippen molar-refractivity contribution < 1.29 is 14.3 Å². The van der Waals surface area contributed by atoms with E-state index in [1.807, 2.05) is 26.8 Å². The standard InChI is InChI=1S/C13H20N2O3/c1-13(2,3)18-9-11(16)15-8-10-6-5-7-14-12(10)17-4/h5-7H,8-9H2,1-4H3,(H,15,16). The molecule has 0 saturated carbocycles. The van der Waals surface area contributed by atoms with Gasteiger partial charge in [0.05, 0.1) is 12.7 Å². The topological polar surface area (TPSA) is 60.5 Å². The van der Waals surface area contributed by atoms with Gasteiger partial charge in [-0.05, 0) is 26.8 Å². The van der Waals surface area contributed by atoms with Crippen LogP contribution in [0, 0.1) is 0 Å². The van der Waals surface area contributed by atoms with Gasteiger partial charge in [0.1, 0.15) is 6.61 Å². The average Bonchev–Trinajstić information content (AvgIpc) is 2.33. The van der Waals surface area contributed by atoms with Crippen molar-refractivity contribution in [1.82, 2.24) is 10.3 Å². The van der Waals surface area contributed by atoms with E-state index in [4.69, 9.17) is 9.47 Å². The van der Waals surface area contributed by atoms with Crippen molar-refractivity contribution in [2.24, 2.45) is 0 Å². The predicted molar refractivity (Wildman–Crippen MR) is 68.3 cm³/mol. The molecule has 0 radical (unpaired) electrons. The summed E-state index contributed by atoms with van der Waals surface area (Å²) in [5, 5.41) is 2.76. The first-order valence-corrected chi connectivity index (χ1v) is 5.81. The van der Waals surface area contributed by atoms with Crippen LogP contribution in [0.3, 0.4) is 0 Å². The Hall–Kier alpha value is -1.62. The molecule has 5 heteroatoms. The van der Waals surface area contributed by atoms with Crippen molar-refractivity contribution >= 4 is 5.91 Å². The molecule has 1 rings (SSSR count). The zero-order valence-corrected chi connectivity index (χ0v) is 11.3. The molecule has 0 saturated heterocycles. The van der Waals surface area contributed by atoms with Gasteiger partial charge in [-0.15, -0.1) is 0 Å². The number of nitrogens with one attached hydrogen (secondary N) is 1. The molecule has 5 nitrogen and oxygen atoms in total. The molecule has 1 N–H and O–H groups in total. The summed E-state index contributed by atoms with van der Waals surface area (Å²) in [6, 6.07) is 3.66. The first-order chi connectivity index (χ1) is 8.42. The van der Waals surface area contributed by atoms with E-state index in [2.05, 4.69) is 10.3 Å². The maximum absolute atomic E-state index is 11.6. The van der Waals surface area contributed by atoms with Crippen LogP contribution >= 0.6 is 0 Å². The SMILES string of the molecule is COc1ncccc1CNC(=O)COC(C)(C)C. The van der Waals surface area contributed by atoms with Gasteiger partial charge in [0.2, 0.25) is 11.8 Å². The number of carbonyl (C=O) groups is 1. The molecule has 0 aliphatic carbocycles. The first-order valence-electron chi connectivity index (χ1n) is 5.81. The van der Waals surface area contributed by atoms with Crippen molar-refractivity contribution in [2.75, 3.05) is 13.7 Å². The number of hydrogen-bond acceptors (Lipinski definition) is 4. The molecule has 1 aromatic heterocycles. The Morgan fingerprint density at radius 1 is 1.44 bits per heavy atom. The number of pyridine rings is 1. The van der Waals surface area contributed by atoms with Crippen LogP contribution in [0.5, 0.6) is 5.88 Å². The van der Waals surface area contributed by atoms with Crippen LogP contribution in [-0.2, 0) is 16.1 Å². The van der Waals surface area contributed by atoms with Gasteiger partial charge in [-0.2, -0.15) is 0 Å². The van der Waals surface area contributed by atoms with Gasteiger partial charge in [0.25, 0.3) is 0 Å². The third-order valence-corrected chi connectivity index (χ3v) is 2.16. The van der Waals surface area contributed by atoms with E-state index in [0.29, 0.717) is 12.4 Å². The van der Waals surface area contributed by atoms with Gasteiger partial charge in [0.15, 0.2) is 0 Å². The lowest BCUT2D eigenvalue weighted by Gasteiger charge is -2.19. The molecular formula is C13H20N2O3. The minimum atomic E-state index is -0.316. The highest BCUT2D eigenvalue weighted by molar-refractivity contribution is 5.77. The number of aromatic nitrogens is 1. The molecular weight excluding hydrogens is 232 g/mol. The highest BCUT2D eigenvalue weighted by Gasteiger charge is 2.13. The molecule has 0 spiro atoms. The van der Waals surface area contributed by atoms with Crippen molar-refractivity contribution in [2.45, 2.75) is 32.9 Å². The number of amides is 1. The van der Waals surface area contributed by atoms with Crippen LogP contribution in [0.1, 0.15) is 26.3 Å². The van der Waals surface area contributed by atoms with Crippen LogP contribution < -0.4 is 10.1 Å². The summed E-state index contributed by atoms with van der Waals surface area (Å²) in [6.07, 6.45) is 1.65. The van der Waals surface area contributed by atoms with Gasteiger partial charge in [0, 0.05) is 18.3 Å². The number of ether oxygens (including phenoxy) is 2. The number of carbonyl (C=O) groups excluding carboxylic acids is 1. The Labute approximate surface area is 108 Å². The summed E-state index contributed by atoms with van der Waals surface area (Å²) in [5.41, 5.74) is 0.521. The van der Waals surface area contributed by atoms with Crippen LogP contribution in [0.15, 0.2) is 18.3 Å². The molecule has 18 heavy (non-hydrogen) atoms. The lowest BCUT2D eigenvalue weighted by atomic mass is 10.2. The summed E-state index contributed by atoms with van der Waals surface area (Å²) in [7, 11) is 1.55. The predicted octanol–water partition coefficient (Wildman–Crippen LogP) is 1.52. The highest BCUT2D eigenvalue weighted by Crippen LogP contribution is 2.12. The normalized spacial score (nSPS) is 11.1. The van der Waals surface area contributed by atoms with Crippen molar-refractivity contribution in [3.63, 3.8) is 0 Å². The van der Waals surface area contributed by atoms with Gasteiger partial charge >= 0.3 is 0 Å². The van der Waals surface area contributed by atoms with E-state index in [9.17, 15) is 4.79 Å². The van der Waals surface area contributed by atoms with Gasteiger partial charge in [-0.1, -0.05) is 6.07 Å². The molecule has 1 heterocycles. The lowest BCUT2D eigenvalue weighted by Crippen LogP contribution is -2.31. The fourth-order valence-electron chi connectivity index (χ4n) is 1.27. The summed E-state index contributed by atoms with van der Waals surface area (Å²) >= 11 is 0. The molecule has 100 valence electrons. The second-order valence-electron chi connectivity index (χ2n) is 4.85. The van der Waals surface area contributed by atoms with Crippen LogP contribution in [0.25, 0.3) is 0 Å². The lowest BCUT2D eigenvalue weighted by molar-refractivity contribution is -0.130. The molecule has 0 bridgehead atoms. The molecule has 1 aromatic rings. The third-order valence-electron chi connectivity index (χ3n) is 2.16. The van der Waals surface area contributed by atoms with Gasteiger partial charge in [-0.3, -0.25) is 4.79 Å². The molecule has 0 aliphatic rings. The zero-order chi connectivity index (χ0) is 13.6. The first kappa shape index (κ1) is 14.4. The number of hydrogen-bond donors (Lipinski definition) is 1. The largest absolute Gasteiger partial charge is 0.481 e. The van der Waals surface area contributed by atoms with E-state index in [-0.39, 0.29) is 18.1 Å². The second kappa shape index (κ2) is 6.35. The van der Waals surface area contributed by atoms with Gasteiger partial charge < -0.3 is 14.8 Å². The minimum Gasteiger partial charge on any atom is -0.481 e. The Bertz CT molecular complexity index is 399. The van der Waals surface area contributed by atoms with Crippen molar-refractivity contribution in [3.05, 3.63) is 23.9 Å². The van der Waals surface area contributed by atoms with Crippen LogP contribution in [-0.4, -0.2) is 30.2 Å².